The number of rotatable bonds is 3. The number of hydrogen-bond donors (Lipinski definition) is 0. The Morgan fingerprint density at radius 1 is 1.15 bits per heavy atom. The van der Waals surface area contributed by atoms with Crippen LogP contribution in [0.1, 0.15) is 37.6 Å². The Kier molecular flexibility index (Phi) is 5.87. The van der Waals surface area contributed by atoms with Crippen molar-refractivity contribution < 1.29 is 21.8 Å². The monoisotopic (exact) mass is 406 g/mol. The molecule has 0 aliphatic carbocycles. The summed E-state index contributed by atoms with van der Waals surface area (Å²) in [6.07, 6.45) is -3.46. The van der Waals surface area contributed by atoms with Crippen molar-refractivity contribution >= 4 is 28.3 Å². The highest BCUT2D eigenvalue weighted by molar-refractivity contribution is 7.85. The highest BCUT2D eigenvalue weighted by Crippen LogP contribution is 2.31. The molecule has 0 bridgehead atoms. The lowest BCUT2D eigenvalue weighted by atomic mass is 10.0. The van der Waals surface area contributed by atoms with Crippen LogP contribution >= 0.6 is 11.6 Å². The largest absolute Gasteiger partial charge is 0.416 e. The molecule has 0 saturated carbocycles. The number of pyridine rings is 1. The van der Waals surface area contributed by atoms with Crippen LogP contribution in [0.3, 0.4) is 0 Å². The molecule has 2 aromatic rings. The summed E-state index contributed by atoms with van der Waals surface area (Å²) < 4.78 is 68.5. The number of alkyl halides is 3. The number of nitrogens with zero attached hydrogens (tertiary/aromatic N) is 2. The van der Waals surface area contributed by atoms with E-state index in [1.165, 1.54) is 18.3 Å². The topological polar surface area (TPSA) is 42.3 Å². The first-order valence-electron chi connectivity index (χ1n) is 7.39. The number of hydrogen-bond acceptors (Lipinski definition) is 2. The van der Waals surface area contributed by atoms with E-state index in [4.69, 9.17) is 11.6 Å². The molecule has 0 aliphatic rings. The van der Waals surface area contributed by atoms with Crippen molar-refractivity contribution in [3.63, 3.8) is 0 Å². The molecular weight excluding hydrogens is 392 g/mol. The van der Waals surface area contributed by atoms with Gasteiger partial charge in [0.05, 0.1) is 21.0 Å². The molecule has 3 nitrogen and oxygen atoms in total. The van der Waals surface area contributed by atoms with E-state index >= 15 is 0 Å². The van der Waals surface area contributed by atoms with E-state index in [2.05, 4.69) is 9.38 Å². The third-order valence-electron chi connectivity index (χ3n) is 3.17. The maximum absolute atomic E-state index is 13.8. The Hall–Kier alpha value is -1.80. The van der Waals surface area contributed by atoms with Crippen LogP contribution in [0.15, 0.2) is 40.9 Å². The summed E-state index contributed by atoms with van der Waals surface area (Å²) in [6, 6.07) is 4.90. The van der Waals surface area contributed by atoms with Gasteiger partial charge in [-0.3, -0.25) is 4.98 Å². The van der Waals surface area contributed by atoms with Crippen LogP contribution in [0, 0.1) is 5.82 Å². The summed E-state index contributed by atoms with van der Waals surface area (Å²) in [4.78, 5) is 4.01. The van der Waals surface area contributed by atoms with Crippen LogP contribution in [-0.4, -0.2) is 19.7 Å². The molecule has 0 saturated heterocycles. The third kappa shape index (κ3) is 5.11. The lowest BCUT2D eigenvalue weighted by Gasteiger charge is -2.16. The minimum Gasteiger partial charge on any atom is -0.253 e. The SMILES string of the molecule is CC(C)(C)[S@@](=O)/N=C(/c1cc(F)cc(C(F)(F)F)c1)c1ccc(Cl)cn1. The smallest absolute Gasteiger partial charge is 0.253 e. The molecule has 0 amide bonds. The average Bonchev–Trinajstić information content (AvgIpc) is 2.51. The van der Waals surface area contributed by atoms with Crippen LogP contribution < -0.4 is 0 Å². The van der Waals surface area contributed by atoms with E-state index < -0.39 is 33.3 Å². The summed E-state index contributed by atoms with van der Waals surface area (Å²) in [7, 11) is -1.80. The molecule has 1 aromatic carbocycles. The minimum absolute atomic E-state index is 0.111. The Morgan fingerprint density at radius 2 is 1.81 bits per heavy atom. The molecule has 0 N–H and O–H groups in total. The van der Waals surface area contributed by atoms with Crippen molar-refractivity contribution in [3.05, 3.63) is 64.2 Å². The molecule has 0 spiro atoms. The van der Waals surface area contributed by atoms with Gasteiger partial charge in [-0.1, -0.05) is 11.6 Å². The highest BCUT2D eigenvalue weighted by Gasteiger charge is 2.32. The molecule has 140 valence electrons. The van der Waals surface area contributed by atoms with Gasteiger partial charge in [-0.2, -0.15) is 17.6 Å². The molecule has 9 heteroatoms. The zero-order valence-corrected chi connectivity index (χ0v) is 15.6. The fourth-order valence-corrected chi connectivity index (χ4v) is 2.62. The number of aromatic nitrogens is 1. The Labute approximate surface area is 155 Å². The second kappa shape index (κ2) is 7.44. The highest BCUT2D eigenvalue weighted by atomic mass is 35.5. The normalized spacial score (nSPS) is 14.4. The summed E-state index contributed by atoms with van der Waals surface area (Å²) in [5, 5.41) is 0.306. The van der Waals surface area contributed by atoms with Crippen LogP contribution in [0.2, 0.25) is 5.02 Å². The predicted octanol–water partition coefficient (Wildman–Crippen LogP) is 5.19. The number of halogens is 5. The molecule has 2 rings (SSSR count). The second-order valence-corrected chi connectivity index (χ2v) is 8.73. The van der Waals surface area contributed by atoms with Gasteiger partial charge < -0.3 is 0 Å². The summed E-state index contributed by atoms with van der Waals surface area (Å²) in [6.45, 7) is 4.98. The molecule has 1 heterocycles. The van der Waals surface area contributed by atoms with E-state index in [1.54, 1.807) is 20.8 Å². The molecule has 26 heavy (non-hydrogen) atoms. The Balaban J connectivity index is 2.69. The molecule has 0 unspecified atom stereocenters. The summed E-state index contributed by atoms with van der Waals surface area (Å²) >= 11 is 5.78. The zero-order chi connectivity index (χ0) is 19.7. The molecule has 0 aliphatic heterocycles. The third-order valence-corrected chi connectivity index (χ3v) is 4.79. The van der Waals surface area contributed by atoms with Crippen LogP contribution in [-0.2, 0) is 17.2 Å². The first-order chi connectivity index (χ1) is 11.9. The first-order valence-corrected chi connectivity index (χ1v) is 8.87. The van der Waals surface area contributed by atoms with Gasteiger partial charge >= 0.3 is 6.18 Å². The van der Waals surface area contributed by atoms with Gasteiger partial charge in [0, 0.05) is 11.8 Å². The second-order valence-electron chi connectivity index (χ2n) is 6.39. The van der Waals surface area contributed by atoms with Crippen LogP contribution in [0.25, 0.3) is 0 Å². The van der Waals surface area contributed by atoms with Gasteiger partial charge in [0.1, 0.15) is 22.5 Å². The fourth-order valence-electron chi connectivity index (χ4n) is 1.87. The zero-order valence-electron chi connectivity index (χ0n) is 14.1. The predicted molar refractivity (Wildman–Crippen MR) is 94.2 cm³/mol. The van der Waals surface area contributed by atoms with E-state index in [0.717, 1.165) is 12.1 Å². The van der Waals surface area contributed by atoms with Gasteiger partial charge in [0.25, 0.3) is 0 Å². The fraction of sp³-hybridized carbons (Fsp3) is 0.294. The molecular formula is C17H15ClF4N2OS. The van der Waals surface area contributed by atoms with Gasteiger partial charge in [-0.15, -0.1) is 0 Å². The Morgan fingerprint density at radius 3 is 2.31 bits per heavy atom. The van der Waals surface area contributed by atoms with Crippen molar-refractivity contribution in [1.29, 1.82) is 0 Å². The van der Waals surface area contributed by atoms with Crippen LogP contribution in [0.4, 0.5) is 17.6 Å². The van der Waals surface area contributed by atoms with E-state index in [0.29, 0.717) is 11.1 Å². The quantitative estimate of drug-likeness (QED) is 0.520. The van der Waals surface area contributed by atoms with Gasteiger partial charge in [-0.05, 0) is 51.1 Å². The summed E-state index contributed by atoms with van der Waals surface area (Å²) in [5.41, 5.74) is -1.33. The van der Waals surface area contributed by atoms with Crippen molar-refractivity contribution in [2.24, 2.45) is 4.40 Å². The Bertz CT molecular complexity index is 859. The van der Waals surface area contributed by atoms with Crippen molar-refractivity contribution in [3.8, 4) is 0 Å². The number of benzene rings is 1. The van der Waals surface area contributed by atoms with Crippen molar-refractivity contribution in [2.75, 3.05) is 0 Å². The molecule has 0 radical (unpaired) electrons. The summed E-state index contributed by atoms with van der Waals surface area (Å²) in [5.74, 6) is -1.09. The maximum atomic E-state index is 13.8. The van der Waals surface area contributed by atoms with E-state index in [-0.39, 0.29) is 17.0 Å². The van der Waals surface area contributed by atoms with Crippen LogP contribution in [0.5, 0.6) is 0 Å². The van der Waals surface area contributed by atoms with Crippen molar-refractivity contribution in [2.45, 2.75) is 31.7 Å². The van der Waals surface area contributed by atoms with Gasteiger partial charge in [-0.25, -0.2) is 8.60 Å². The lowest BCUT2D eigenvalue weighted by molar-refractivity contribution is -0.137. The maximum Gasteiger partial charge on any atom is 0.416 e. The van der Waals surface area contributed by atoms with Crippen molar-refractivity contribution in [1.82, 2.24) is 4.98 Å². The molecule has 1 atom stereocenters. The van der Waals surface area contributed by atoms with Gasteiger partial charge in [0.15, 0.2) is 0 Å². The van der Waals surface area contributed by atoms with E-state index in [9.17, 15) is 21.8 Å². The average molecular weight is 407 g/mol. The van der Waals surface area contributed by atoms with Gasteiger partial charge in [0.2, 0.25) is 0 Å². The minimum atomic E-state index is -4.74. The molecule has 0 fully saturated rings. The first kappa shape index (κ1) is 20.5. The standard InChI is InChI=1S/C17H15ClF4N2OS/c1-16(2,3)26(25)24-15(14-5-4-12(18)9-23-14)10-6-11(17(20,21)22)8-13(19)7-10/h4-9H,1-3H3/b24-15-/t26-/m1/s1. The molecule has 1 aromatic heterocycles. The van der Waals surface area contributed by atoms with E-state index in [1.807, 2.05) is 0 Å². The lowest BCUT2D eigenvalue weighted by Crippen LogP contribution is -2.22.